The number of pyridine rings is 1. The van der Waals surface area contributed by atoms with Crippen molar-refractivity contribution in [2.45, 2.75) is 33.6 Å². The Bertz CT molecular complexity index is 615. The Labute approximate surface area is 112 Å². The Morgan fingerprint density at radius 1 is 1.26 bits per heavy atom. The number of para-hydroxylation sites is 1. The number of benzene rings is 1. The average molecular weight is 258 g/mol. The van der Waals surface area contributed by atoms with E-state index in [4.69, 9.17) is 0 Å². The minimum Gasteiger partial charge on any atom is -0.258 e. The minimum absolute atomic E-state index is 0.128. The third kappa shape index (κ3) is 3.08. The van der Waals surface area contributed by atoms with Gasteiger partial charge in [-0.05, 0) is 24.3 Å². The monoisotopic (exact) mass is 258 g/mol. The molecule has 4 nitrogen and oxygen atoms in total. The molecule has 0 N–H and O–H groups in total. The van der Waals surface area contributed by atoms with Gasteiger partial charge >= 0.3 is 0 Å². The summed E-state index contributed by atoms with van der Waals surface area (Å²) in [6, 6.07) is 7.59. The fraction of sp³-hybridized carbons (Fsp3) is 0.400. The van der Waals surface area contributed by atoms with E-state index in [1.807, 2.05) is 24.3 Å². The first-order valence-corrected chi connectivity index (χ1v) is 6.39. The third-order valence-electron chi connectivity index (χ3n) is 3.19. The Balaban J connectivity index is 2.53. The molecule has 0 fully saturated rings. The van der Waals surface area contributed by atoms with Crippen molar-refractivity contribution in [1.82, 2.24) is 4.98 Å². The molecule has 2 aromatic rings. The molecule has 0 aliphatic heterocycles. The molecule has 19 heavy (non-hydrogen) atoms. The number of rotatable bonds is 3. The first kappa shape index (κ1) is 13.5. The van der Waals surface area contributed by atoms with Gasteiger partial charge in [0.1, 0.15) is 6.20 Å². The summed E-state index contributed by atoms with van der Waals surface area (Å²) in [5.41, 5.74) is 1.89. The van der Waals surface area contributed by atoms with Crippen LogP contribution >= 0.6 is 0 Å². The molecule has 1 aromatic carbocycles. The van der Waals surface area contributed by atoms with E-state index < -0.39 is 0 Å². The Morgan fingerprint density at radius 3 is 2.58 bits per heavy atom. The van der Waals surface area contributed by atoms with Gasteiger partial charge in [-0.1, -0.05) is 39.0 Å². The van der Waals surface area contributed by atoms with E-state index in [-0.39, 0.29) is 16.0 Å². The van der Waals surface area contributed by atoms with Crippen molar-refractivity contribution in [3.8, 4) is 0 Å². The zero-order chi connectivity index (χ0) is 14.0. The van der Waals surface area contributed by atoms with Crippen LogP contribution in [0, 0.1) is 15.5 Å². The van der Waals surface area contributed by atoms with Gasteiger partial charge in [0, 0.05) is 10.9 Å². The summed E-state index contributed by atoms with van der Waals surface area (Å²) in [6.45, 7) is 6.42. The van der Waals surface area contributed by atoms with Crippen molar-refractivity contribution in [2.24, 2.45) is 5.41 Å². The van der Waals surface area contributed by atoms with E-state index in [0.29, 0.717) is 6.42 Å². The number of nitro groups is 1. The molecule has 0 atom stereocenters. The van der Waals surface area contributed by atoms with Crippen molar-refractivity contribution < 1.29 is 4.92 Å². The van der Waals surface area contributed by atoms with Crippen LogP contribution in [0.5, 0.6) is 0 Å². The zero-order valence-corrected chi connectivity index (χ0v) is 11.5. The summed E-state index contributed by atoms with van der Waals surface area (Å²) < 4.78 is 0. The Kier molecular flexibility index (Phi) is 3.51. The van der Waals surface area contributed by atoms with Gasteiger partial charge < -0.3 is 0 Å². The summed E-state index contributed by atoms with van der Waals surface area (Å²) in [4.78, 5) is 15.0. The Hall–Kier alpha value is -1.97. The molecule has 0 saturated carbocycles. The number of nitrogens with zero attached hydrogens (tertiary/aromatic N) is 2. The van der Waals surface area contributed by atoms with Crippen LogP contribution in [0.4, 0.5) is 5.69 Å². The fourth-order valence-electron chi connectivity index (χ4n) is 2.11. The summed E-state index contributed by atoms with van der Waals surface area (Å²) in [6.07, 6.45) is 2.98. The first-order valence-electron chi connectivity index (χ1n) is 6.39. The van der Waals surface area contributed by atoms with Gasteiger partial charge in [0.25, 0.3) is 5.69 Å². The van der Waals surface area contributed by atoms with Gasteiger partial charge in [0.15, 0.2) is 0 Å². The van der Waals surface area contributed by atoms with E-state index in [2.05, 4.69) is 25.8 Å². The van der Waals surface area contributed by atoms with Crippen molar-refractivity contribution in [2.75, 3.05) is 0 Å². The van der Waals surface area contributed by atoms with Crippen molar-refractivity contribution >= 4 is 16.6 Å². The summed E-state index contributed by atoms with van der Waals surface area (Å²) in [7, 11) is 0. The molecule has 1 aromatic heterocycles. The maximum Gasteiger partial charge on any atom is 0.291 e. The molecule has 0 spiro atoms. The second kappa shape index (κ2) is 4.96. The quantitative estimate of drug-likeness (QED) is 0.614. The third-order valence-corrected chi connectivity index (χ3v) is 3.19. The number of aryl methyl sites for hydroxylation is 1. The Morgan fingerprint density at radius 2 is 1.95 bits per heavy atom. The van der Waals surface area contributed by atoms with E-state index in [1.165, 1.54) is 6.20 Å². The lowest BCUT2D eigenvalue weighted by molar-refractivity contribution is -0.385. The van der Waals surface area contributed by atoms with Gasteiger partial charge in [-0.15, -0.1) is 0 Å². The highest BCUT2D eigenvalue weighted by Gasteiger charge is 2.20. The number of aromatic nitrogens is 1. The van der Waals surface area contributed by atoms with Crippen LogP contribution < -0.4 is 0 Å². The number of hydrogen-bond donors (Lipinski definition) is 0. The first-order chi connectivity index (χ1) is 8.88. The molecule has 0 aliphatic rings. The SMILES string of the molecule is CC(C)(C)CCc1c([N+](=O)[O-])cnc2ccccc12. The van der Waals surface area contributed by atoms with E-state index in [9.17, 15) is 10.1 Å². The van der Waals surface area contributed by atoms with E-state index >= 15 is 0 Å². The van der Waals surface area contributed by atoms with Crippen LogP contribution in [0.2, 0.25) is 0 Å². The van der Waals surface area contributed by atoms with Crippen molar-refractivity contribution in [3.05, 3.63) is 46.1 Å². The molecule has 0 radical (unpaired) electrons. The smallest absolute Gasteiger partial charge is 0.258 e. The van der Waals surface area contributed by atoms with Crippen LogP contribution in [-0.2, 0) is 6.42 Å². The molecule has 4 heteroatoms. The summed E-state index contributed by atoms with van der Waals surface area (Å²) in [5, 5.41) is 12.0. The van der Waals surface area contributed by atoms with Crippen LogP contribution in [0.1, 0.15) is 32.8 Å². The minimum atomic E-state index is -0.336. The maximum absolute atomic E-state index is 11.2. The number of hydrogen-bond acceptors (Lipinski definition) is 3. The molecule has 0 bridgehead atoms. The van der Waals surface area contributed by atoms with Crippen LogP contribution in [0.25, 0.3) is 10.9 Å². The molecule has 2 rings (SSSR count). The predicted octanol–water partition coefficient (Wildman–Crippen LogP) is 4.12. The van der Waals surface area contributed by atoms with Crippen LogP contribution in [0.15, 0.2) is 30.5 Å². The highest BCUT2D eigenvalue weighted by atomic mass is 16.6. The highest BCUT2D eigenvalue weighted by Crippen LogP contribution is 2.30. The lowest BCUT2D eigenvalue weighted by Crippen LogP contribution is -2.08. The molecular weight excluding hydrogens is 240 g/mol. The number of fused-ring (bicyclic) bond motifs is 1. The lowest BCUT2D eigenvalue weighted by atomic mass is 9.87. The lowest BCUT2D eigenvalue weighted by Gasteiger charge is -2.18. The topological polar surface area (TPSA) is 56.0 Å². The molecule has 0 amide bonds. The van der Waals surface area contributed by atoms with Gasteiger partial charge in [0.05, 0.1) is 10.4 Å². The predicted molar refractivity (Wildman–Crippen MR) is 76.2 cm³/mol. The second-order valence-electron chi connectivity index (χ2n) is 5.96. The normalized spacial score (nSPS) is 11.7. The average Bonchev–Trinajstić information content (AvgIpc) is 2.34. The highest BCUT2D eigenvalue weighted by molar-refractivity contribution is 5.85. The molecule has 0 unspecified atom stereocenters. The largest absolute Gasteiger partial charge is 0.291 e. The van der Waals surface area contributed by atoms with Gasteiger partial charge in [-0.25, -0.2) is 4.98 Å². The molecule has 0 saturated heterocycles. The van der Waals surface area contributed by atoms with Crippen molar-refractivity contribution in [1.29, 1.82) is 0 Å². The van der Waals surface area contributed by atoms with E-state index in [0.717, 1.165) is 22.9 Å². The standard InChI is InChI=1S/C15H18N2O2/c1-15(2,3)9-8-12-11-6-4-5-7-13(11)16-10-14(12)17(18)19/h4-7,10H,8-9H2,1-3H3. The van der Waals surface area contributed by atoms with Gasteiger partial charge in [0.2, 0.25) is 0 Å². The van der Waals surface area contributed by atoms with E-state index in [1.54, 1.807) is 0 Å². The van der Waals surface area contributed by atoms with Gasteiger partial charge in [-0.2, -0.15) is 0 Å². The second-order valence-corrected chi connectivity index (χ2v) is 5.96. The van der Waals surface area contributed by atoms with Gasteiger partial charge in [-0.3, -0.25) is 10.1 Å². The zero-order valence-electron chi connectivity index (χ0n) is 11.5. The van der Waals surface area contributed by atoms with Crippen LogP contribution in [0.3, 0.4) is 0 Å². The summed E-state index contributed by atoms with van der Waals surface area (Å²) >= 11 is 0. The van der Waals surface area contributed by atoms with Crippen LogP contribution in [-0.4, -0.2) is 9.91 Å². The molecule has 0 aliphatic carbocycles. The molecule has 1 heterocycles. The summed E-state index contributed by atoms with van der Waals surface area (Å²) in [5.74, 6) is 0. The fourth-order valence-corrected chi connectivity index (χ4v) is 2.11. The van der Waals surface area contributed by atoms with Crippen molar-refractivity contribution in [3.63, 3.8) is 0 Å². The molecular formula is C15H18N2O2. The maximum atomic E-state index is 11.2. The molecule has 100 valence electrons.